The Kier molecular flexibility index (Phi) is 4.06. The fraction of sp³-hybridized carbons (Fsp3) is 0.0476. The minimum absolute atomic E-state index is 0.290. The molecule has 1 unspecified atom stereocenters. The van der Waals surface area contributed by atoms with Gasteiger partial charge in [0, 0.05) is 5.56 Å². The molecule has 5 heteroatoms. The lowest BCUT2D eigenvalue weighted by Crippen LogP contribution is -2.51. The molecule has 0 aliphatic carbocycles. The maximum absolute atomic E-state index is 13.6. The third-order valence-corrected chi connectivity index (χ3v) is 5.40. The predicted molar refractivity (Wildman–Crippen MR) is 103 cm³/mol. The van der Waals surface area contributed by atoms with E-state index in [2.05, 4.69) is 5.32 Å². The first-order valence-electron chi connectivity index (χ1n) is 8.01. The van der Waals surface area contributed by atoms with Gasteiger partial charge in [-0.15, -0.1) is 0 Å². The van der Waals surface area contributed by atoms with Crippen molar-refractivity contribution in [3.8, 4) is 0 Å². The number of halogens is 2. The molecule has 26 heavy (non-hydrogen) atoms. The first-order chi connectivity index (χ1) is 12.5. The Labute approximate surface area is 160 Å². The SMILES string of the molecule is O=C1Nc2ccccc2C(=O)C1(c1ccccc1)c1ccc(Cl)c(Cl)c1. The summed E-state index contributed by atoms with van der Waals surface area (Å²) in [7, 11) is 0. The number of ketones is 1. The van der Waals surface area contributed by atoms with Crippen molar-refractivity contribution in [1.29, 1.82) is 0 Å². The van der Waals surface area contributed by atoms with Gasteiger partial charge in [-0.25, -0.2) is 0 Å². The molecule has 0 saturated carbocycles. The van der Waals surface area contributed by atoms with E-state index in [4.69, 9.17) is 23.2 Å². The minimum Gasteiger partial charge on any atom is -0.324 e. The molecule has 3 aromatic rings. The van der Waals surface area contributed by atoms with E-state index in [-0.39, 0.29) is 5.78 Å². The van der Waals surface area contributed by atoms with Crippen molar-refractivity contribution in [2.75, 3.05) is 5.32 Å². The summed E-state index contributed by atoms with van der Waals surface area (Å²) in [6.07, 6.45) is 0. The molecule has 0 fully saturated rings. The first-order valence-corrected chi connectivity index (χ1v) is 8.77. The lowest BCUT2D eigenvalue weighted by molar-refractivity contribution is -0.119. The molecule has 3 aromatic carbocycles. The van der Waals surface area contributed by atoms with Crippen molar-refractivity contribution in [2.24, 2.45) is 0 Å². The zero-order chi connectivity index (χ0) is 18.3. The normalized spacial score (nSPS) is 19.0. The number of carbonyl (C=O) groups excluding carboxylic acids is 2. The zero-order valence-electron chi connectivity index (χ0n) is 13.5. The van der Waals surface area contributed by atoms with E-state index in [0.29, 0.717) is 32.4 Å². The highest BCUT2D eigenvalue weighted by Gasteiger charge is 2.52. The summed E-state index contributed by atoms with van der Waals surface area (Å²) in [5, 5.41) is 3.53. The predicted octanol–water partition coefficient (Wildman–Crippen LogP) is 5.11. The van der Waals surface area contributed by atoms with Crippen LogP contribution in [0.4, 0.5) is 5.69 Å². The molecule has 128 valence electrons. The Morgan fingerprint density at radius 2 is 1.42 bits per heavy atom. The molecule has 1 amide bonds. The van der Waals surface area contributed by atoms with Crippen LogP contribution in [-0.2, 0) is 10.2 Å². The number of anilines is 1. The molecule has 0 saturated heterocycles. The third-order valence-electron chi connectivity index (χ3n) is 4.66. The zero-order valence-corrected chi connectivity index (χ0v) is 15.0. The van der Waals surface area contributed by atoms with Crippen LogP contribution in [0, 0.1) is 0 Å². The van der Waals surface area contributed by atoms with Gasteiger partial charge in [-0.05, 0) is 35.4 Å². The van der Waals surface area contributed by atoms with Crippen LogP contribution < -0.4 is 5.32 Å². The summed E-state index contributed by atoms with van der Waals surface area (Å²) in [6, 6.07) is 20.8. The van der Waals surface area contributed by atoms with Crippen molar-refractivity contribution >= 4 is 40.6 Å². The average molecular weight is 382 g/mol. The van der Waals surface area contributed by atoms with Crippen LogP contribution in [0.5, 0.6) is 0 Å². The Hall–Kier alpha value is -2.62. The topological polar surface area (TPSA) is 46.2 Å². The van der Waals surface area contributed by atoms with E-state index in [1.165, 1.54) is 0 Å². The highest BCUT2D eigenvalue weighted by Crippen LogP contribution is 2.43. The summed E-state index contributed by atoms with van der Waals surface area (Å²) in [6.45, 7) is 0. The standard InChI is InChI=1S/C21H13Cl2NO2/c22-16-11-10-14(12-17(16)23)21(13-6-2-1-3-7-13)19(25)15-8-4-5-9-18(15)24-20(21)26/h1-12H,(H,24,26). The van der Waals surface area contributed by atoms with Gasteiger partial charge < -0.3 is 5.32 Å². The van der Waals surface area contributed by atoms with E-state index in [0.717, 1.165) is 0 Å². The smallest absolute Gasteiger partial charge is 0.247 e. The second-order valence-corrected chi connectivity index (χ2v) is 6.89. The highest BCUT2D eigenvalue weighted by atomic mass is 35.5. The van der Waals surface area contributed by atoms with Gasteiger partial charge in [0.25, 0.3) is 0 Å². The van der Waals surface area contributed by atoms with E-state index >= 15 is 0 Å². The van der Waals surface area contributed by atoms with Gasteiger partial charge in [0.1, 0.15) is 0 Å². The number of amides is 1. The van der Waals surface area contributed by atoms with Gasteiger partial charge in [-0.3, -0.25) is 9.59 Å². The number of Topliss-reactive ketones (excluding diaryl/α,β-unsaturated/α-hetero) is 1. The fourth-order valence-corrected chi connectivity index (χ4v) is 3.72. The Balaban J connectivity index is 2.06. The third kappa shape index (κ3) is 2.36. The number of hydrogen-bond acceptors (Lipinski definition) is 2. The van der Waals surface area contributed by atoms with Crippen LogP contribution in [0.15, 0.2) is 72.8 Å². The summed E-state index contributed by atoms with van der Waals surface area (Å²) in [5.74, 6) is -0.702. The molecule has 3 nitrogen and oxygen atoms in total. The summed E-state index contributed by atoms with van der Waals surface area (Å²) in [4.78, 5) is 26.9. The van der Waals surface area contributed by atoms with Gasteiger partial charge >= 0.3 is 0 Å². The van der Waals surface area contributed by atoms with Crippen molar-refractivity contribution in [3.63, 3.8) is 0 Å². The molecule has 0 bridgehead atoms. The van der Waals surface area contributed by atoms with Gasteiger partial charge in [0.15, 0.2) is 11.2 Å². The molecule has 0 radical (unpaired) electrons. The lowest BCUT2D eigenvalue weighted by Gasteiger charge is -2.36. The van der Waals surface area contributed by atoms with Crippen LogP contribution in [-0.4, -0.2) is 11.7 Å². The maximum atomic E-state index is 13.6. The molecule has 1 N–H and O–H groups in total. The molecule has 1 aliphatic heterocycles. The number of carbonyl (C=O) groups is 2. The van der Waals surface area contributed by atoms with E-state index in [9.17, 15) is 9.59 Å². The molecule has 1 atom stereocenters. The van der Waals surface area contributed by atoms with Crippen molar-refractivity contribution in [1.82, 2.24) is 0 Å². The van der Waals surface area contributed by atoms with Gasteiger partial charge in [-0.2, -0.15) is 0 Å². The van der Waals surface area contributed by atoms with E-state index in [1.54, 1.807) is 66.7 Å². The van der Waals surface area contributed by atoms with Gasteiger partial charge in [-0.1, -0.05) is 71.7 Å². The van der Waals surface area contributed by atoms with Crippen molar-refractivity contribution in [2.45, 2.75) is 5.41 Å². The molecule has 0 spiro atoms. The van der Waals surface area contributed by atoms with Crippen LogP contribution in [0.3, 0.4) is 0 Å². The number of fused-ring (bicyclic) bond motifs is 1. The number of hydrogen-bond donors (Lipinski definition) is 1. The molecule has 1 aliphatic rings. The first kappa shape index (κ1) is 16.8. The fourth-order valence-electron chi connectivity index (χ4n) is 3.42. The van der Waals surface area contributed by atoms with Crippen LogP contribution in [0.25, 0.3) is 0 Å². The monoisotopic (exact) mass is 381 g/mol. The maximum Gasteiger partial charge on any atom is 0.247 e. The van der Waals surface area contributed by atoms with Crippen LogP contribution in [0.1, 0.15) is 21.5 Å². The summed E-state index contributed by atoms with van der Waals surface area (Å²) < 4.78 is 0. The molecule has 4 rings (SSSR count). The summed E-state index contributed by atoms with van der Waals surface area (Å²) >= 11 is 12.3. The van der Waals surface area contributed by atoms with E-state index in [1.807, 2.05) is 6.07 Å². The number of nitrogens with one attached hydrogen (secondary N) is 1. The second-order valence-electron chi connectivity index (χ2n) is 6.07. The van der Waals surface area contributed by atoms with Crippen molar-refractivity contribution in [3.05, 3.63) is 99.5 Å². The minimum atomic E-state index is -1.52. The van der Waals surface area contributed by atoms with Crippen LogP contribution >= 0.6 is 23.2 Å². The number of benzene rings is 3. The van der Waals surface area contributed by atoms with Gasteiger partial charge in [0.2, 0.25) is 5.91 Å². The van der Waals surface area contributed by atoms with Gasteiger partial charge in [0.05, 0.1) is 15.7 Å². The lowest BCUT2D eigenvalue weighted by atomic mass is 9.67. The number of rotatable bonds is 2. The molecular weight excluding hydrogens is 369 g/mol. The highest BCUT2D eigenvalue weighted by molar-refractivity contribution is 6.42. The average Bonchev–Trinajstić information content (AvgIpc) is 2.66. The van der Waals surface area contributed by atoms with Crippen LogP contribution in [0.2, 0.25) is 10.0 Å². The quantitative estimate of drug-likeness (QED) is 0.626. The number of para-hydroxylation sites is 1. The molecular formula is C21H13Cl2NO2. The molecule has 0 aromatic heterocycles. The van der Waals surface area contributed by atoms with Crippen molar-refractivity contribution < 1.29 is 9.59 Å². The van der Waals surface area contributed by atoms with E-state index < -0.39 is 11.3 Å². The Morgan fingerprint density at radius 1 is 0.731 bits per heavy atom. The largest absolute Gasteiger partial charge is 0.324 e. The second kappa shape index (κ2) is 6.27. The molecule has 1 heterocycles. The Bertz CT molecular complexity index is 1030. The summed E-state index contributed by atoms with van der Waals surface area (Å²) in [5.41, 5.74) is 0.505. The Morgan fingerprint density at radius 3 is 2.15 bits per heavy atom.